The van der Waals surface area contributed by atoms with Gasteiger partial charge in [-0.15, -0.1) is 0 Å². The van der Waals surface area contributed by atoms with E-state index in [2.05, 4.69) is 0 Å². The van der Waals surface area contributed by atoms with Gasteiger partial charge in [-0.3, -0.25) is 0 Å². The number of hydrogen-bond donors (Lipinski definition) is 0. The van der Waals surface area contributed by atoms with Crippen molar-refractivity contribution in [3.8, 4) is 0 Å². The predicted molar refractivity (Wildman–Crippen MR) is 35.8 cm³/mol. The first-order valence-electron chi connectivity index (χ1n) is 3.90. The second-order valence-corrected chi connectivity index (χ2v) is 3.00. The van der Waals surface area contributed by atoms with Crippen molar-refractivity contribution >= 4 is 0 Å². The van der Waals surface area contributed by atoms with Crippen LogP contribution >= 0.6 is 0 Å². The summed E-state index contributed by atoms with van der Waals surface area (Å²) in [4.78, 5) is 0. The molecule has 0 unspecified atom stereocenters. The molecular formula is C7H8F8. The van der Waals surface area contributed by atoms with Gasteiger partial charge in [0.05, 0.1) is 0 Å². The van der Waals surface area contributed by atoms with E-state index in [0.717, 1.165) is 6.92 Å². The van der Waals surface area contributed by atoms with E-state index in [4.69, 9.17) is 0 Å². The Hall–Kier alpha value is -0.560. The molecule has 0 aromatic carbocycles. The van der Waals surface area contributed by atoms with E-state index in [-0.39, 0.29) is 0 Å². The molecule has 0 bridgehead atoms. The molecule has 0 aliphatic rings. The quantitative estimate of drug-likeness (QED) is 0.656. The van der Waals surface area contributed by atoms with Crippen LogP contribution < -0.4 is 0 Å². The highest BCUT2D eigenvalue weighted by Gasteiger charge is 2.64. The van der Waals surface area contributed by atoms with Gasteiger partial charge in [-0.25, -0.2) is 13.2 Å². The van der Waals surface area contributed by atoms with Crippen LogP contribution in [0.2, 0.25) is 0 Å². The van der Waals surface area contributed by atoms with Crippen LogP contribution in [-0.2, 0) is 0 Å². The molecule has 0 rings (SSSR count). The zero-order valence-electron chi connectivity index (χ0n) is 7.52. The van der Waals surface area contributed by atoms with Gasteiger partial charge in [-0.1, -0.05) is 6.92 Å². The van der Waals surface area contributed by atoms with Crippen LogP contribution in [0.15, 0.2) is 0 Å². The summed E-state index contributed by atoms with van der Waals surface area (Å²) >= 11 is 0. The fourth-order valence-electron chi connectivity index (χ4n) is 0.712. The van der Waals surface area contributed by atoms with Crippen LogP contribution in [-0.4, -0.2) is 24.2 Å². The Balaban J connectivity index is 4.65. The zero-order valence-corrected chi connectivity index (χ0v) is 7.52. The molecule has 0 aliphatic heterocycles. The summed E-state index contributed by atoms with van der Waals surface area (Å²) in [6, 6.07) is 0. The first-order valence-corrected chi connectivity index (χ1v) is 3.90. The second kappa shape index (κ2) is 4.13. The molecule has 0 saturated carbocycles. The van der Waals surface area contributed by atoms with Crippen molar-refractivity contribution in [2.24, 2.45) is 0 Å². The van der Waals surface area contributed by atoms with Gasteiger partial charge < -0.3 is 0 Å². The lowest BCUT2D eigenvalue weighted by Crippen LogP contribution is -2.47. The van der Waals surface area contributed by atoms with Crippen molar-refractivity contribution < 1.29 is 35.1 Å². The largest absolute Gasteiger partial charge is 0.456 e. The smallest absolute Gasteiger partial charge is 0.240 e. The molecule has 0 radical (unpaired) electrons. The highest BCUT2D eigenvalue weighted by Crippen LogP contribution is 2.43. The number of alkyl halides is 8. The fraction of sp³-hybridized carbons (Fsp3) is 1.00. The maximum atomic E-state index is 12.4. The van der Waals surface area contributed by atoms with Gasteiger partial charge in [0.15, 0.2) is 6.17 Å². The number of halogens is 8. The van der Waals surface area contributed by atoms with Crippen molar-refractivity contribution in [1.82, 2.24) is 0 Å². The Morgan fingerprint density at radius 2 is 1.33 bits per heavy atom. The van der Waals surface area contributed by atoms with E-state index in [1.165, 1.54) is 0 Å². The Morgan fingerprint density at radius 3 is 1.60 bits per heavy atom. The summed E-state index contributed by atoms with van der Waals surface area (Å²) < 4.78 is 96.1. The summed E-state index contributed by atoms with van der Waals surface area (Å²) in [6.45, 7) is 0.860. The van der Waals surface area contributed by atoms with Crippen LogP contribution in [0.4, 0.5) is 35.1 Å². The van der Waals surface area contributed by atoms with Crippen LogP contribution in [0.3, 0.4) is 0 Å². The number of hydrogen-bond acceptors (Lipinski definition) is 0. The van der Waals surface area contributed by atoms with Gasteiger partial charge in [0.2, 0.25) is 0 Å². The van der Waals surface area contributed by atoms with Gasteiger partial charge in [-0.2, -0.15) is 22.0 Å². The van der Waals surface area contributed by atoms with Crippen molar-refractivity contribution in [1.29, 1.82) is 0 Å². The maximum Gasteiger partial charge on any atom is 0.456 e. The second-order valence-electron chi connectivity index (χ2n) is 3.00. The van der Waals surface area contributed by atoms with Crippen LogP contribution in [0, 0.1) is 0 Å². The summed E-state index contributed by atoms with van der Waals surface area (Å²) in [7, 11) is 0. The monoisotopic (exact) mass is 244 g/mol. The van der Waals surface area contributed by atoms with Crippen LogP contribution in [0.1, 0.15) is 19.8 Å². The van der Waals surface area contributed by atoms with Gasteiger partial charge in [0.1, 0.15) is 0 Å². The summed E-state index contributed by atoms with van der Waals surface area (Å²) in [6.07, 6.45) is -13.2. The van der Waals surface area contributed by atoms with E-state index >= 15 is 0 Å². The lowest BCUT2D eigenvalue weighted by molar-refractivity contribution is -0.308. The molecule has 0 saturated heterocycles. The molecule has 92 valence electrons. The standard InChI is InChI=1S/C7H8F8/c1-2-5(9,10)3-4(8)6(11,12)7(13,14)15/h4H,2-3H2,1H3/t4-/m0/s1. The fourth-order valence-corrected chi connectivity index (χ4v) is 0.712. The highest BCUT2D eigenvalue weighted by atomic mass is 19.4. The van der Waals surface area contributed by atoms with Crippen molar-refractivity contribution in [3.63, 3.8) is 0 Å². The minimum Gasteiger partial charge on any atom is -0.240 e. The molecule has 0 aromatic rings. The normalized spacial score (nSPS) is 16.6. The lowest BCUT2D eigenvalue weighted by Gasteiger charge is -2.25. The van der Waals surface area contributed by atoms with Crippen molar-refractivity contribution in [2.75, 3.05) is 0 Å². The molecule has 15 heavy (non-hydrogen) atoms. The average Bonchev–Trinajstić information content (AvgIpc) is 2.01. The predicted octanol–water partition coefficient (Wildman–Crippen LogP) is 3.96. The summed E-state index contributed by atoms with van der Waals surface area (Å²) in [5.74, 6) is -9.61. The van der Waals surface area contributed by atoms with Crippen molar-refractivity contribution in [3.05, 3.63) is 0 Å². The minimum absolute atomic E-state index is 0.860. The molecule has 0 N–H and O–H groups in total. The van der Waals surface area contributed by atoms with Crippen LogP contribution in [0.5, 0.6) is 0 Å². The molecular weight excluding hydrogens is 236 g/mol. The molecule has 0 heterocycles. The average molecular weight is 244 g/mol. The molecule has 0 aliphatic carbocycles. The first-order chi connectivity index (χ1) is 6.44. The van der Waals surface area contributed by atoms with E-state index in [0.29, 0.717) is 0 Å². The van der Waals surface area contributed by atoms with E-state index < -0.39 is 37.0 Å². The summed E-state index contributed by atoms with van der Waals surface area (Å²) in [5.41, 5.74) is 0. The third-order valence-corrected chi connectivity index (χ3v) is 1.77. The van der Waals surface area contributed by atoms with Crippen LogP contribution in [0.25, 0.3) is 0 Å². The first kappa shape index (κ1) is 14.4. The molecule has 0 spiro atoms. The summed E-state index contributed by atoms with van der Waals surface area (Å²) in [5, 5.41) is 0. The molecule has 0 nitrogen and oxygen atoms in total. The topological polar surface area (TPSA) is 0 Å². The molecule has 1 atom stereocenters. The van der Waals surface area contributed by atoms with E-state index in [1.54, 1.807) is 0 Å². The van der Waals surface area contributed by atoms with E-state index in [9.17, 15) is 35.1 Å². The van der Waals surface area contributed by atoms with Gasteiger partial charge >= 0.3 is 12.1 Å². The lowest BCUT2D eigenvalue weighted by atomic mass is 10.0. The third-order valence-electron chi connectivity index (χ3n) is 1.77. The van der Waals surface area contributed by atoms with E-state index in [1.807, 2.05) is 0 Å². The minimum atomic E-state index is -6.16. The van der Waals surface area contributed by atoms with Crippen molar-refractivity contribution in [2.45, 2.75) is 44.0 Å². The molecule has 8 heteroatoms. The zero-order chi connectivity index (χ0) is 12.5. The van der Waals surface area contributed by atoms with Gasteiger partial charge in [-0.05, 0) is 0 Å². The molecule has 0 amide bonds. The van der Waals surface area contributed by atoms with Gasteiger partial charge in [0.25, 0.3) is 5.92 Å². The molecule has 0 fully saturated rings. The Bertz CT molecular complexity index is 206. The number of rotatable bonds is 4. The molecule has 0 aromatic heterocycles. The Labute approximate surface area is 80.3 Å². The van der Waals surface area contributed by atoms with Gasteiger partial charge in [0, 0.05) is 12.8 Å². The SMILES string of the molecule is CCC(F)(F)C[C@H](F)C(F)(F)C(F)(F)F. The Morgan fingerprint density at radius 1 is 0.933 bits per heavy atom. The Kier molecular flexibility index (Phi) is 3.98. The third kappa shape index (κ3) is 3.49. The highest BCUT2D eigenvalue weighted by molar-refractivity contribution is 4.87. The maximum absolute atomic E-state index is 12.4.